The molecule has 1 unspecified atom stereocenters. The van der Waals surface area contributed by atoms with Crippen molar-refractivity contribution < 1.29 is 4.74 Å². The SMILES string of the molecule is CCCCN=C(N)NC1CCOc2ccccc21. The highest BCUT2D eigenvalue weighted by Gasteiger charge is 2.20. The van der Waals surface area contributed by atoms with Crippen molar-refractivity contribution in [2.24, 2.45) is 10.7 Å². The average molecular weight is 247 g/mol. The molecule has 0 saturated heterocycles. The van der Waals surface area contributed by atoms with Gasteiger partial charge in [-0.05, 0) is 12.5 Å². The highest BCUT2D eigenvalue weighted by molar-refractivity contribution is 5.78. The van der Waals surface area contributed by atoms with Crippen LogP contribution in [0.1, 0.15) is 37.8 Å². The van der Waals surface area contributed by atoms with E-state index in [-0.39, 0.29) is 6.04 Å². The van der Waals surface area contributed by atoms with Gasteiger partial charge in [-0.3, -0.25) is 4.99 Å². The molecule has 2 rings (SSSR count). The molecular weight excluding hydrogens is 226 g/mol. The molecule has 3 N–H and O–H groups in total. The molecule has 1 aromatic rings. The highest BCUT2D eigenvalue weighted by atomic mass is 16.5. The zero-order chi connectivity index (χ0) is 12.8. The van der Waals surface area contributed by atoms with E-state index in [0.29, 0.717) is 5.96 Å². The van der Waals surface area contributed by atoms with Crippen LogP contribution in [0.4, 0.5) is 0 Å². The van der Waals surface area contributed by atoms with Crippen molar-refractivity contribution in [2.75, 3.05) is 13.2 Å². The molecule has 4 nitrogen and oxygen atoms in total. The van der Waals surface area contributed by atoms with Gasteiger partial charge in [0.15, 0.2) is 5.96 Å². The first-order chi connectivity index (χ1) is 8.81. The van der Waals surface area contributed by atoms with Gasteiger partial charge in [-0.2, -0.15) is 0 Å². The van der Waals surface area contributed by atoms with E-state index in [1.807, 2.05) is 18.2 Å². The number of guanidine groups is 1. The van der Waals surface area contributed by atoms with E-state index in [2.05, 4.69) is 23.3 Å². The fraction of sp³-hybridized carbons (Fsp3) is 0.500. The average Bonchev–Trinajstić information content (AvgIpc) is 2.39. The summed E-state index contributed by atoms with van der Waals surface area (Å²) in [4.78, 5) is 4.32. The lowest BCUT2D eigenvalue weighted by Crippen LogP contribution is -2.37. The Labute approximate surface area is 108 Å². The molecule has 98 valence electrons. The molecule has 0 amide bonds. The molecule has 0 radical (unpaired) electrons. The summed E-state index contributed by atoms with van der Waals surface area (Å²) in [5.41, 5.74) is 7.06. The van der Waals surface area contributed by atoms with Crippen LogP contribution in [0, 0.1) is 0 Å². The number of nitrogens with two attached hydrogens (primary N) is 1. The van der Waals surface area contributed by atoms with Crippen molar-refractivity contribution in [3.8, 4) is 5.75 Å². The summed E-state index contributed by atoms with van der Waals surface area (Å²) in [5, 5.41) is 3.28. The maximum atomic E-state index is 5.90. The predicted octanol–water partition coefficient (Wildman–Crippen LogP) is 2.21. The Balaban J connectivity index is 2.00. The molecule has 0 spiro atoms. The van der Waals surface area contributed by atoms with Crippen molar-refractivity contribution in [3.63, 3.8) is 0 Å². The number of hydrogen-bond donors (Lipinski definition) is 2. The number of aliphatic imine (C=N–C) groups is 1. The van der Waals surface area contributed by atoms with Crippen LogP contribution in [0.2, 0.25) is 0 Å². The molecule has 1 aliphatic heterocycles. The van der Waals surface area contributed by atoms with Gasteiger partial charge in [0, 0.05) is 18.5 Å². The minimum atomic E-state index is 0.209. The maximum absolute atomic E-state index is 5.90. The summed E-state index contributed by atoms with van der Waals surface area (Å²) in [7, 11) is 0. The van der Waals surface area contributed by atoms with Gasteiger partial charge in [0.05, 0.1) is 12.6 Å². The second-order valence-electron chi connectivity index (χ2n) is 4.49. The first-order valence-electron chi connectivity index (χ1n) is 6.59. The number of fused-ring (bicyclic) bond motifs is 1. The van der Waals surface area contributed by atoms with Crippen LogP contribution in [0.3, 0.4) is 0 Å². The van der Waals surface area contributed by atoms with E-state index in [4.69, 9.17) is 10.5 Å². The molecule has 1 aromatic carbocycles. The first-order valence-corrected chi connectivity index (χ1v) is 6.59. The van der Waals surface area contributed by atoms with Crippen molar-refractivity contribution >= 4 is 5.96 Å². The predicted molar refractivity (Wildman–Crippen MR) is 73.8 cm³/mol. The minimum absolute atomic E-state index is 0.209. The fourth-order valence-corrected chi connectivity index (χ4v) is 2.07. The number of benzene rings is 1. The van der Waals surface area contributed by atoms with Crippen LogP contribution < -0.4 is 15.8 Å². The number of nitrogens with zero attached hydrogens (tertiary/aromatic N) is 1. The summed E-state index contributed by atoms with van der Waals surface area (Å²) in [6.07, 6.45) is 3.13. The van der Waals surface area contributed by atoms with Gasteiger partial charge in [0.1, 0.15) is 5.75 Å². The van der Waals surface area contributed by atoms with Crippen molar-refractivity contribution in [2.45, 2.75) is 32.2 Å². The van der Waals surface area contributed by atoms with Gasteiger partial charge in [0.25, 0.3) is 0 Å². The summed E-state index contributed by atoms with van der Waals surface area (Å²) in [6.45, 7) is 3.66. The third-order valence-corrected chi connectivity index (χ3v) is 3.07. The molecule has 0 aromatic heterocycles. The Morgan fingerprint density at radius 2 is 2.33 bits per heavy atom. The Morgan fingerprint density at radius 3 is 3.17 bits per heavy atom. The molecule has 1 aliphatic rings. The maximum Gasteiger partial charge on any atom is 0.189 e. The smallest absolute Gasteiger partial charge is 0.189 e. The van der Waals surface area contributed by atoms with Gasteiger partial charge < -0.3 is 15.8 Å². The third kappa shape index (κ3) is 3.15. The van der Waals surface area contributed by atoms with E-state index in [0.717, 1.165) is 43.7 Å². The molecule has 0 fully saturated rings. The van der Waals surface area contributed by atoms with E-state index >= 15 is 0 Å². The minimum Gasteiger partial charge on any atom is -0.493 e. The van der Waals surface area contributed by atoms with Crippen LogP contribution in [-0.2, 0) is 0 Å². The van der Waals surface area contributed by atoms with Crippen molar-refractivity contribution in [1.29, 1.82) is 0 Å². The number of ether oxygens (including phenoxy) is 1. The van der Waals surface area contributed by atoms with E-state index in [9.17, 15) is 0 Å². The van der Waals surface area contributed by atoms with Crippen LogP contribution in [0.5, 0.6) is 5.75 Å². The second kappa shape index (κ2) is 6.28. The molecule has 4 heteroatoms. The number of unbranched alkanes of at least 4 members (excludes halogenated alkanes) is 1. The Hall–Kier alpha value is -1.71. The third-order valence-electron chi connectivity index (χ3n) is 3.07. The lowest BCUT2D eigenvalue weighted by Gasteiger charge is -2.26. The van der Waals surface area contributed by atoms with Crippen LogP contribution in [-0.4, -0.2) is 19.1 Å². The lowest BCUT2D eigenvalue weighted by molar-refractivity contribution is 0.262. The van der Waals surface area contributed by atoms with Crippen LogP contribution >= 0.6 is 0 Å². The molecule has 0 saturated carbocycles. The largest absolute Gasteiger partial charge is 0.493 e. The Bertz CT molecular complexity index is 417. The Morgan fingerprint density at radius 1 is 1.50 bits per heavy atom. The van der Waals surface area contributed by atoms with Crippen molar-refractivity contribution in [1.82, 2.24) is 5.32 Å². The number of nitrogens with one attached hydrogen (secondary N) is 1. The van der Waals surface area contributed by atoms with Crippen LogP contribution in [0.15, 0.2) is 29.3 Å². The van der Waals surface area contributed by atoms with Gasteiger partial charge in [0.2, 0.25) is 0 Å². The van der Waals surface area contributed by atoms with Gasteiger partial charge in [-0.1, -0.05) is 31.5 Å². The van der Waals surface area contributed by atoms with E-state index in [1.54, 1.807) is 0 Å². The zero-order valence-corrected chi connectivity index (χ0v) is 10.9. The number of hydrogen-bond acceptors (Lipinski definition) is 2. The summed E-state index contributed by atoms with van der Waals surface area (Å²) in [6, 6.07) is 8.28. The van der Waals surface area contributed by atoms with Gasteiger partial charge in [-0.25, -0.2) is 0 Å². The molecule has 18 heavy (non-hydrogen) atoms. The Kier molecular flexibility index (Phi) is 4.45. The summed E-state index contributed by atoms with van der Waals surface area (Å²) >= 11 is 0. The van der Waals surface area contributed by atoms with E-state index < -0.39 is 0 Å². The van der Waals surface area contributed by atoms with Crippen molar-refractivity contribution in [3.05, 3.63) is 29.8 Å². The van der Waals surface area contributed by atoms with Gasteiger partial charge >= 0.3 is 0 Å². The zero-order valence-electron chi connectivity index (χ0n) is 10.9. The monoisotopic (exact) mass is 247 g/mol. The number of para-hydroxylation sites is 1. The standard InChI is InChI=1S/C14H21N3O/c1-2-3-9-16-14(15)17-12-8-10-18-13-7-5-4-6-11(12)13/h4-7,12H,2-3,8-10H2,1H3,(H3,15,16,17). The molecule has 0 aliphatic carbocycles. The fourth-order valence-electron chi connectivity index (χ4n) is 2.07. The lowest BCUT2D eigenvalue weighted by atomic mass is 10.0. The van der Waals surface area contributed by atoms with E-state index in [1.165, 1.54) is 0 Å². The molecular formula is C14H21N3O. The number of rotatable bonds is 4. The summed E-state index contributed by atoms with van der Waals surface area (Å²) < 4.78 is 5.61. The molecule has 1 heterocycles. The highest BCUT2D eigenvalue weighted by Crippen LogP contribution is 2.31. The summed E-state index contributed by atoms with van der Waals surface area (Å²) in [5.74, 6) is 1.48. The quantitative estimate of drug-likeness (QED) is 0.487. The molecule has 0 bridgehead atoms. The first kappa shape index (κ1) is 12.7. The second-order valence-corrected chi connectivity index (χ2v) is 4.49. The molecule has 1 atom stereocenters. The topological polar surface area (TPSA) is 59.6 Å². The normalized spacial score (nSPS) is 18.9. The van der Waals surface area contributed by atoms with Crippen LogP contribution in [0.25, 0.3) is 0 Å². The van der Waals surface area contributed by atoms with Gasteiger partial charge in [-0.15, -0.1) is 0 Å².